The molecule has 4 atom stereocenters. The van der Waals surface area contributed by atoms with Gasteiger partial charge >= 0.3 is 12.2 Å². The second-order valence-corrected chi connectivity index (χ2v) is 23.3. The number of amides is 2. The number of anilines is 2. The Labute approximate surface area is 401 Å². The van der Waals surface area contributed by atoms with Gasteiger partial charge in [-0.25, -0.2) is 9.59 Å². The topological polar surface area (TPSA) is 101 Å². The third-order valence-electron chi connectivity index (χ3n) is 13.9. The molecule has 2 fully saturated rings. The second kappa shape index (κ2) is 19.7. The van der Waals surface area contributed by atoms with Crippen molar-refractivity contribution in [2.24, 2.45) is 0 Å². The number of carbonyl (C=O) groups is 2. The monoisotopic (exact) mass is 905 g/mol. The van der Waals surface area contributed by atoms with Crippen molar-refractivity contribution in [2.45, 2.75) is 161 Å². The highest BCUT2D eigenvalue weighted by Gasteiger charge is 2.36. The third-order valence-corrected chi connectivity index (χ3v) is 13.9. The van der Waals surface area contributed by atoms with E-state index in [1.165, 1.54) is 44.5 Å². The minimum absolute atomic E-state index is 0.0558. The maximum Gasteiger partial charge on any atom is 0.411 e. The van der Waals surface area contributed by atoms with Crippen molar-refractivity contribution < 1.29 is 19.1 Å². The minimum Gasteiger partial charge on any atom is -0.445 e. The number of benzene rings is 5. The molecule has 5 aromatic carbocycles. The fourth-order valence-electron chi connectivity index (χ4n) is 9.65. The van der Waals surface area contributed by atoms with Gasteiger partial charge in [-0.2, -0.15) is 0 Å². The Morgan fingerprint density at radius 1 is 0.478 bits per heavy atom. The molecule has 2 heterocycles. The van der Waals surface area contributed by atoms with E-state index in [1.54, 1.807) is 6.07 Å². The molecule has 8 nitrogen and oxygen atoms in total. The molecule has 0 saturated carbocycles. The lowest BCUT2D eigenvalue weighted by atomic mass is 9.80. The lowest BCUT2D eigenvalue weighted by Crippen LogP contribution is -2.30. The van der Waals surface area contributed by atoms with Crippen LogP contribution < -0.4 is 21.3 Å². The highest BCUT2D eigenvalue weighted by molar-refractivity contribution is 5.89. The molecule has 2 saturated heterocycles. The maximum absolute atomic E-state index is 13.5. The number of ether oxygens (including phenoxy) is 2. The summed E-state index contributed by atoms with van der Waals surface area (Å²) in [4.78, 5) is 26.9. The van der Waals surface area contributed by atoms with Gasteiger partial charge in [0.25, 0.3) is 0 Å². The molecule has 0 spiro atoms. The second-order valence-electron chi connectivity index (χ2n) is 23.3. The Hall–Kier alpha value is -5.44. The average molecular weight is 905 g/mol. The molecule has 5 aromatic rings. The molecule has 0 aromatic heterocycles. The average Bonchev–Trinajstić information content (AvgIpc) is 3.91. The normalized spacial score (nSPS) is 19.1. The van der Waals surface area contributed by atoms with Crippen LogP contribution >= 0.6 is 0 Å². The van der Waals surface area contributed by atoms with Gasteiger partial charge in [-0.15, -0.1) is 0 Å². The number of hydrogen-bond acceptors (Lipinski definition) is 6. The molecule has 8 heteroatoms. The van der Waals surface area contributed by atoms with Crippen LogP contribution in [0.25, 0.3) is 0 Å². The predicted molar refractivity (Wildman–Crippen MR) is 276 cm³/mol. The molecular weight excluding hydrogens is 829 g/mol. The summed E-state index contributed by atoms with van der Waals surface area (Å²) in [7, 11) is 0. The summed E-state index contributed by atoms with van der Waals surface area (Å²) < 4.78 is 12.1. The minimum atomic E-state index is -0.538. The van der Waals surface area contributed by atoms with Crippen LogP contribution in [0.3, 0.4) is 0 Å². The van der Waals surface area contributed by atoms with Crippen molar-refractivity contribution in [1.29, 1.82) is 0 Å². The number of nitrogens with one attached hydrogen (secondary N) is 4. The van der Waals surface area contributed by atoms with Crippen LogP contribution in [-0.2, 0) is 31.1 Å². The van der Waals surface area contributed by atoms with Gasteiger partial charge in [0.2, 0.25) is 0 Å². The van der Waals surface area contributed by atoms with Crippen LogP contribution in [0.1, 0.15) is 158 Å². The summed E-state index contributed by atoms with van der Waals surface area (Å²) >= 11 is 0. The Morgan fingerprint density at radius 3 is 1.10 bits per heavy atom. The van der Waals surface area contributed by atoms with E-state index in [0.29, 0.717) is 37.3 Å². The Balaban J connectivity index is 0.973. The first kappa shape index (κ1) is 49.5. The Bertz CT molecular complexity index is 2350. The van der Waals surface area contributed by atoms with Gasteiger partial charge in [-0.1, -0.05) is 186 Å². The number of hydrogen-bond donors (Lipinski definition) is 4. The predicted octanol–water partition coefficient (Wildman–Crippen LogP) is 13.4. The Kier molecular flexibility index (Phi) is 14.5. The number of rotatable bonds is 10. The molecule has 356 valence electrons. The van der Waals surface area contributed by atoms with E-state index < -0.39 is 12.2 Å². The van der Waals surface area contributed by atoms with Crippen molar-refractivity contribution in [3.63, 3.8) is 0 Å². The molecule has 4 N–H and O–H groups in total. The third kappa shape index (κ3) is 12.4. The molecule has 67 heavy (non-hydrogen) atoms. The summed E-state index contributed by atoms with van der Waals surface area (Å²) in [6.07, 6.45) is -0.379. The van der Waals surface area contributed by atoms with Crippen LogP contribution in [0.4, 0.5) is 21.0 Å². The first-order valence-electron chi connectivity index (χ1n) is 24.4. The highest BCUT2D eigenvalue weighted by atomic mass is 16.6. The van der Waals surface area contributed by atoms with Gasteiger partial charge in [-0.3, -0.25) is 10.6 Å². The summed E-state index contributed by atoms with van der Waals surface area (Å²) in [5.41, 5.74) is 12.2. The molecule has 7 rings (SSSR count). The van der Waals surface area contributed by atoms with E-state index in [4.69, 9.17) is 9.47 Å². The molecule has 2 aliphatic heterocycles. The first-order valence-corrected chi connectivity index (χ1v) is 24.4. The van der Waals surface area contributed by atoms with Crippen LogP contribution in [-0.4, -0.2) is 49.6 Å². The summed E-state index contributed by atoms with van der Waals surface area (Å²) in [6.45, 7) is 29.8. The zero-order valence-electron chi connectivity index (χ0n) is 42.4. The van der Waals surface area contributed by atoms with Gasteiger partial charge in [0.15, 0.2) is 0 Å². The van der Waals surface area contributed by atoms with E-state index >= 15 is 0 Å². The van der Waals surface area contributed by atoms with Gasteiger partial charge < -0.3 is 20.1 Å². The van der Waals surface area contributed by atoms with E-state index in [0.717, 1.165) is 5.56 Å². The van der Waals surface area contributed by atoms with Gasteiger partial charge in [0.1, 0.15) is 12.2 Å². The molecule has 2 aliphatic rings. The molecule has 0 aliphatic carbocycles. The van der Waals surface area contributed by atoms with Crippen LogP contribution in [0, 0.1) is 6.92 Å². The lowest BCUT2D eigenvalue weighted by molar-refractivity contribution is 0.118. The zero-order valence-corrected chi connectivity index (χ0v) is 42.4. The van der Waals surface area contributed by atoms with Crippen LogP contribution in [0.15, 0.2) is 115 Å². The summed E-state index contributed by atoms with van der Waals surface area (Å²) in [5, 5.41) is 13.3. The smallest absolute Gasteiger partial charge is 0.411 e. The SMILES string of the molecule is Cc1ccc(NC(=O)O[C@H]2CN[C@@H](C(c3ccc(C(C)(C)C)cc3)c3ccc(C(C)(C)C)cc3)C2)cc1NC(=O)O[C@H]1CN[C@@H](C(c2ccc(C(C)(C)C)cc2)c2ccc(C(C)(C)C)cc2)C1. The Morgan fingerprint density at radius 2 is 0.791 bits per heavy atom. The van der Waals surface area contributed by atoms with Crippen molar-refractivity contribution in [2.75, 3.05) is 23.7 Å². The first-order chi connectivity index (χ1) is 31.4. The quantitative estimate of drug-likeness (QED) is 0.111. The van der Waals surface area contributed by atoms with Crippen molar-refractivity contribution in [3.8, 4) is 0 Å². The van der Waals surface area contributed by atoms with Crippen molar-refractivity contribution in [1.82, 2.24) is 10.6 Å². The van der Waals surface area contributed by atoms with Gasteiger partial charge in [-0.05, 0) is 90.8 Å². The van der Waals surface area contributed by atoms with E-state index in [-0.39, 0.29) is 57.8 Å². The van der Waals surface area contributed by atoms with E-state index in [9.17, 15) is 9.59 Å². The van der Waals surface area contributed by atoms with Crippen molar-refractivity contribution in [3.05, 3.63) is 165 Å². The molecular formula is C59H76N4O4. The van der Waals surface area contributed by atoms with E-state index in [2.05, 4.69) is 201 Å². The van der Waals surface area contributed by atoms with Gasteiger partial charge in [0, 0.05) is 61.2 Å². The van der Waals surface area contributed by atoms with E-state index in [1.807, 2.05) is 19.1 Å². The van der Waals surface area contributed by atoms with Gasteiger partial charge in [0.05, 0.1) is 0 Å². The number of aryl methyl sites for hydroxylation is 1. The van der Waals surface area contributed by atoms with Crippen molar-refractivity contribution >= 4 is 23.6 Å². The lowest BCUT2D eigenvalue weighted by Gasteiger charge is -2.27. The fourth-order valence-corrected chi connectivity index (χ4v) is 9.65. The highest BCUT2D eigenvalue weighted by Crippen LogP contribution is 2.38. The molecule has 2 amide bonds. The molecule has 0 unspecified atom stereocenters. The summed E-state index contributed by atoms with van der Waals surface area (Å²) in [5.74, 6) is 0.155. The maximum atomic E-state index is 13.5. The molecule has 0 radical (unpaired) electrons. The summed E-state index contributed by atoms with van der Waals surface area (Å²) in [6, 6.07) is 41.5. The van der Waals surface area contributed by atoms with Crippen LogP contribution in [0.5, 0.6) is 0 Å². The fraction of sp³-hybridized carbons (Fsp3) is 0.458. The molecule has 0 bridgehead atoms. The van der Waals surface area contributed by atoms with Crippen LogP contribution in [0.2, 0.25) is 0 Å². The standard InChI is InChI=1S/C59H76N4O4/c1-37-14-31-46(62-54(64)66-47-33-50(60-35-47)52(38-15-23-42(24-16-38)56(2,3)4)39-17-25-43(26-18-39)57(5,6)7)32-49(37)63-55(65)67-48-34-51(61-36-48)53(40-19-27-44(28-20-40)58(8,9)10)41-21-29-45(30-22-41)59(11,12)13/h14-32,47-48,50-53,60-61H,33-36H2,1-13H3,(H,62,64)(H,63,65)/t47-,48-,50-,51-/m1/s1. The number of carbonyl (C=O) groups excluding carboxylic acids is 2. The largest absolute Gasteiger partial charge is 0.445 e. The zero-order chi connectivity index (χ0) is 48.5.